The molecule has 0 fully saturated rings. The van der Waals surface area contributed by atoms with E-state index in [-0.39, 0.29) is 0 Å². The van der Waals surface area contributed by atoms with Crippen molar-refractivity contribution in [2.75, 3.05) is 0 Å². The summed E-state index contributed by atoms with van der Waals surface area (Å²) in [6, 6.07) is 5.77. The van der Waals surface area contributed by atoms with E-state index in [1.165, 1.54) is 0 Å². The second kappa shape index (κ2) is 3.91. The largest absolute Gasteiger partial charge is 0.196 e. The van der Waals surface area contributed by atoms with Gasteiger partial charge in [0.2, 0.25) is 0 Å². The van der Waals surface area contributed by atoms with Gasteiger partial charge in [-0.2, -0.15) is 10.2 Å². The number of hydrogen-bond acceptors (Lipinski definition) is 3. The molecule has 0 saturated carbocycles. The topological polar surface area (TPSA) is 42.5 Å². The maximum atomic E-state index is 4.22. The van der Waals surface area contributed by atoms with Crippen LogP contribution in [0.3, 0.4) is 0 Å². The summed E-state index contributed by atoms with van der Waals surface area (Å²) in [7, 11) is 0. The van der Waals surface area contributed by atoms with Crippen molar-refractivity contribution in [2.24, 2.45) is 0 Å². The molecule has 2 aromatic heterocycles. The van der Waals surface area contributed by atoms with Gasteiger partial charge in [-0.05, 0) is 24.2 Å². The predicted octanol–water partition coefficient (Wildman–Crippen LogP) is 0.846. The molecule has 14 heavy (non-hydrogen) atoms. The normalized spacial score (nSPS) is 10.1. The first-order valence-electron chi connectivity index (χ1n) is 4.54. The second-order valence-electron chi connectivity index (χ2n) is 2.88. The third-order valence-corrected chi connectivity index (χ3v) is 1.96. The lowest BCUT2D eigenvalue weighted by Crippen LogP contribution is -2.35. The summed E-state index contributed by atoms with van der Waals surface area (Å²) >= 11 is 0. The fourth-order valence-electron chi connectivity index (χ4n) is 1.18. The van der Waals surface area contributed by atoms with Crippen LogP contribution in [0.15, 0.2) is 36.8 Å². The smallest absolute Gasteiger partial charge is 0.159 e. The van der Waals surface area contributed by atoms with Crippen LogP contribution in [-0.4, -0.2) is 15.3 Å². The average molecular weight is 187 g/mol. The first-order valence-corrected chi connectivity index (χ1v) is 4.54. The zero-order chi connectivity index (χ0) is 9.80. The van der Waals surface area contributed by atoms with Crippen molar-refractivity contribution in [3.05, 3.63) is 36.8 Å². The SMILES string of the molecule is CC[n+]1ccc(-c2cccnn2)cn1. The molecule has 0 saturated heterocycles. The molecule has 0 atom stereocenters. The van der Waals surface area contributed by atoms with Crippen LogP contribution in [0.1, 0.15) is 6.92 Å². The second-order valence-corrected chi connectivity index (χ2v) is 2.88. The van der Waals surface area contributed by atoms with Crippen molar-refractivity contribution in [3.63, 3.8) is 0 Å². The molecular weight excluding hydrogens is 176 g/mol. The molecule has 0 aromatic carbocycles. The van der Waals surface area contributed by atoms with E-state index in [9.17, 15) is 0 Å². The highest BCUT2D eigenvalue weighted by molar-refractivity contribution is 5.55. The van der Waals surface area contributed by atoms with Gasteiger partial charge in [-0.25, -0.2) is 0 Å². The molecule has 0 radical (unpaired) electrons. The van der Waals surface area contributed by atoms with E-state index in [2.05, 4.69) is 22.2 Å². The quantitative estimate of drug-likeness (QED) is 0.654. The zero-order valence-corrected chi connectivity index (χ0v) is 7.96. The molecule has 0 aliphatic heterocycles. The van der Waals surface area contributed by atoms with Gasteiger partial charge in [0.25, 0.3) is 0 Å². The lowest BCUT2D eigenvalue weighted by molar-refractivity contribution is -0.750. The van der Waals surface area contributed by atoms with E-state index in [0.717, 1.165) is 17.8 Å². The Morgan fingerprint density at radius 2 is 2.29 bits per heavy atom. The molecule has 0 amide bonds. The summed E-state index contributed by atoms with van der Waals surface area (Å²) in [6.45, 7) is 2.93. The third-order valence-electron chi connectivity index (χ3n) is 1.96. The highest BCUT2D eigenvalue weighted by atomic mass is 15.2. The summed E-state index contributed by atoms with van der Waals surface area (Å²) in [5.74, 6) is 0. The van der Waals surface area contributed by atoms with Gasteiger partial charge in [0, 0.05) is 17.8 Å². The molecule has 0 bridgehead atoms. The van der Waals surface area contributed by atoms with Crippen LogP contribution >= 0.6 is 0 Å². The van der Waals surface area contributed by atoms with Crippen LogP contribution < -0.4 is 4.68 Å². The van der Waals surface area contributed by atoms with Gasteiger partial charge < -0.3 is 0 Å². The van der Waals surface area contributed by atoms with E-state index in [4.69, 9.17) is 0 Å². The Hall–Kier alpha value is -1.84. The van der Waals surface area contributed by atoms with E-state index in [1.807, 2.05) is 29.1 Å². The molecule has 0 unspecified atom stereocenters. The van der Waals surface area contributed by atoms with E-state index < -0.39 is 0 Å². The Balaban J connectivity index is 2.34. The highest BCUT2D eigenvalue weighted by Crippen LogP contribution is 2.11. The molecule has 4 nitrogen and oxygen atoms in total. The highest BCUT2D eigenvalue weighted by Gasteiger charge is 2.02. The molecule has 2 rings (SSSR count). The zero-order valence-electron chi connectivity index (χ0n) is 7.96. The van der Waals surface area contributed by atoms with Crippen LogP contribution in [0.2, 0.25) is 0 Å². The first kappa shape index (κ1) is 8.74. The number of aromatic nitrogens is 4. The van der Waals surface area contributed by atoms with Crippen molar-refractivity contribution in [2.45, 2.75) is 13.5 Å². The van der Waals surface area contributed by atoms with Crippen molar-refractivity contribution in [3.8, 4) is 11.3 Å². The van der Waals surface area contributed by atoms with Gasteiger partial charge in [-0.1, -0.05) is 4.68 Å². The number of rotatable bonds is 2. The number of nitrogens with zero attached hydrogens (tertiary/aromatic N) is 4. The fraction of sp³-hybridized carbons (Fsp3) is 0.200. The molecule has 70 valence electrons. The summed E-state index contributed by atoms with van der Waals surface area (Å²) in [6.07, 6.45) is 5.39. The van der Waals surface area contributed by atoms with Crippen molar-refractivity contribution in [1.29, 1.82) is 0 Å². The van der Waals surface area contributed by atoms with Gasteiger partial charge in [0.15, 0.2) is 12.7 Å². The van der Waals surface area contributed by atoms with Crippen LogP contribution in [0, 0.1) is 0 Å². The minimum atomic E-state index is 0.850. The lowest BCUT2D eigenvalue weighted by Gasteiger charge is -1.95. The lowest BCUT2D eigenvalue weighted by atomic mass is 10.2. The molecule has 0 N–H and O–H groups in total. The first-order chi connectivity index (χ1) is 6.90. The summed E-state index contributed by atoms with van der Waals surface area (Å²) < 4.78 is 1.86. The number of aryl methyl sites for hydroxylation is 1. The Morgan fingerprint density at radius 1 is 1.36 bits per heavy atom. The molecule has 0 aliphatic carbocycles. The van der Waals surface area contributed by atoms with Crippen molar-refractivity contribution in [1.82, 2.24) is 15.3 Å². The number of hydrogen-bond donors (Lipinski definition) is 0. The van der Waals surface area contributed by atoms with Crippen molar-refractivity contribution >= 4 is 0 Å². The van der Waals surface area contributed by atoms with E-state index in [0.29, 0.717) is 0 Å². The Labute approximate surface area is 82.2 Å². The summed E-state index contributed by atoms with van der Waals surface area (Å²) in [5.41, 5.74) is 1.84. The van der Waals surface area contributed by atoms with Gasteiger partial charge in [-0.15, -0.1) is 0 Å². The average Bonchev–Trinajstić information content (AvgIpc) is 2.30. The molecular formula is C10H11N4+. The van der Waals surface area contributed by atoms with Crippen LogP contribution in [-0.2, 0) is 6.54 Å². The van der Waals surface area contributed by atoms with Crippen molar-refractivity contribution < 1.29 is 4.68 Å². The maximum absolute atomic E-state index is 4.22. The Kier molecular flexibility index (Phi) is 2.44. The standard InChI is InChI=1S/C10H11N4/c1-2-14-7-5-9(8-12-14)10-4-3-6-11-13-10/h3-8H,2H2,1H3/q+1. The van der Waals surface area contributed by atoms with Gasteiger partial charge in [-0.3, -0.25) is 0 Å². The monoisotopic (exact) mass is 187 g/mol. The van der Waals surface area contributed by atoms with E-state index in [1.54, 1.807) is 12.4 Å². The van der Waals surface area contributed by atoms with Crippen LogP contribution in [0.25, 0.3) is 11.3 Å². The predicted molar refractivity (Wildman–Crippen MR) is 51.1 cm³/mol. The van der Waals surface area contributed by atoms with Gasteiger partial charge >= 0.3 is 0 Å². The minimum absolute atomic E-state index is 0.850. The maximum Gasteiger partial charge on any atom is 0.196 e. The molecule has 4 heteroatoms. The Bertz CT molecular complexity index is 396. The van der Waals surface area contributed by atoms with E-state index >= 15 is 0 Å². The Morgan fingerprint density at radius 3 is 2.86 bits per heavy atom. The summed E-state index contributed by atoms with van der Waals surface area (Å²) in [5, 5.41) is 12.0. The fourth-order valence-corrected chi connectivity index (χ4v) is 1.18. The van der Waals surface area contributed by atoms with Gasteiger partial charge in [0.05, 0.1) is 5.69 Å². The van der Waals surface area contributed by atoms with Crippen LogP contribution in [0.4, 0.5) is 0 Å². The molecule has 2 heterocycles. The third kappa shape index (κ3) is 1.74. The van der Waals surface area contributed by atoms with Gasteiger partial charge in [0.1, 0.15) is 6.20 Å². The molecule has 2 aromatic rings. The minimum Gasteiger partial charge on any atom is -0.159 e. The molecule has 0 aliphatic rings. The molecule has 0 spiro atoms. The van der Waals surface area contributed by atoms with Crippen LogP contribution in [0.5, 0.6) is 0 Å². The summed E-state index contributed by atoms with van der Waals surface area (Å²) in [4.78, 5) is 0.